The Morgan fingerprint density at radius 1 is 1.17 bits per heavy atom. The Kier molecular flexibility index (Phi) is 6.06. The fraction of sp³-hybridized carbons (Fsp3) is 0.346. The number of morpholine rings is 1. The van der Waals surface area contributed by atoms with Crippen molar-refractivity contribution < 1.29 is 13.9 Å². The molecule has 5 rings (SSSR count). The first-order chi connectivity index (χ1) is 16.7. The number of rotatable bonds is 4. The molecule has 1 saturated heterocycles. The summed E-state index contributed by atoms with van der Waals surface area (Å²) in [7, 11) is 0. The molecule has 1 aliphatic heterocycles. The molecule has 35 heavy (non-hydrogen) atoms. The molecule has 7 nitrogen and oxygen atoms in total. The number of hydrogen-bond donors (Lipinski definition) is 1. The lowest BCUT2D eigenvalue weighted by Gasteiger charge is -2.29. The molecule has 0 atom stereocenters. The monoisotopic (exact) mass is 493 g/mol. The molecule has 0 saturated carbocycles. The lowest BCUT2D eigenvalue weighted by Crippen LogP contribution is -2.36. The predicted octanol–water partition coefficient (Wildman–Crippen LogP) is 5.29. The minimum Gasteiger partial charge on any atom is -0.378 e. The number of nitrogens with one attached hydrogen (secondary N) is 1. The van der Waals surface area contributed by atoms with E-state index in [1.165, 1.54) is 17.4 Å². The Hall–Kier alpha value is -3.30. The fourth-order valence-electron chi connectivity index (χ4n) is 4.19. The predicted molar refractivity (Wildman–Crippen MR) is 137 cm³/mol. The summed E-state index contributed by atoms with van der Waals surface area (Å²) < 4.78 is 22.4. The number of thiazole rings is 1. The van der Waals surface area contributed by atoms with Gasteiger partial charge in [0.05, 0.1) is 35.8 Å². The maximum absolute atomic E-state index is 14.9. The average molecular weight is 494 g/mol. The van der Waals surface area contributed by atoms with E-state index < -0.39 is 5.82 Å². The number of aryl methyl sites for hydroxylation is 1. The van der Waals surface area contributed by atoms with E-state index >= 15 is 0 Å². The van der Waals surface area contributed by atoms with Crippen LogP contribution in [0.15, 0.2) is 43.0 Å². The van der Waals surface area contributed by atoms with Crippen LogP contribution in [0.4, 0.5) is 15.8 Å². The summed E-state index contributed by atoms with van der Waals surface area (Å²) in [5.41, 5.74) is 4.38. The van der Waals surface area contributed by atoms with Gasteiger partial charge in [-0.05, 0) is 36.2 Å². The molecular formula is C26H28FN5O2S. The lowest BCUT2D eigenvalue weighted by molar-refractivity contribution is 0.103. The minimum atomic E-state index is -0.475. The van der Waals surface area contributed by atoms with Crippen molar-refractivity contribution in [2.24, 2.45) is 0 Å². The number of nitrogens with zero attached hydrogens (tertiary/aromatic N) is 4. The zero-order valence-electron chi connectivity index (χ0n) is 20.3. The Morgan fingerprint density at radius 3 is 2.66 bits per heavy atom. The molecule has 4 heterocycles. The van der Waals surface area contributed by atoms with Crippen LogP contribution in [-0.4, -0.2) is 46.6 Å². The standard InChI is InChI=1S/C26H28FN5O2S/c1-16-11-19(27)20(30-24(33)22-14-29-25(35-22)26(2,3)4)13-18(16)17-12-21(31-7-9-34-10-8-31)23-28-5-6-32(23)15-17/h5-6,11-15H,7-10H2,1-4H3,(H,30,33). The summed E-state index contributed by atoms with van der Waals surface area (Å²) in [5, 5.41) is 3.61. The third-order valence-electron chi connectivity index (χ3n) is 6.06. The number of fused-ring (bicyclic) bond motifs is 1. The number of pyridine rings is 1. The highest BCUT2D eigenvalue weighted by atomic mass is 32.1. The SMILES string of the molecule is Cc1cc(F)c(NC(=O)c2cnc(C(C)(C)C)s2)cc1-c1cc(N2CCOCC2)c2nccn2c1. The second kappa shape index (κ2) is 9.05. The third-order valence-corrected chi connectivity index (χ3v) is 7.49. The second-order valence-electron chi connectivity index (χ2n) is 9.75. The average Bonchev–Trinajstić information content (AvgIpc) is 3.50. The van der Waals surface area contributed by atoms with Crippen LogP contribution in [-0.2, 0) is 10.2 Å². The molecule has 4 aromatic rings. The summed E-state index contributed by atoms with van der Waals surface area (Å²) in [4.78, 5) is 24.5. The van der Waals surface area contributed by atoms with Crippen LogP contribution in [0.5, 0.6) is 0 Å². The minimum absolute atomic E-state index is 0.139. The summed E-state index contributed by atoms with van der Waals surface area (Å²) in [6.45, 7) is 10.9. The molecule has 1 aliphatic rings. The van der Waals surface area contributed by atoms with Gasteiger partial charge in [-0.3, -0.25) is 4.79 Å². The lowest BCUT2D eigenvalue weighted by atomic mass is 9.98. The van der Waals surface area contributed by atoms with Crippen molar-refractivity contribution in [3.05, 3.63) is 64.3 Å². The number of hydrogen-bond acceptors (Lipinski definition) is 6. The first-order valence-corrected chi connectivity index (χ1v) is 12.4. The van der Waals surface area contributed by atoms with Gasteiger partial charge in [0.1, 0.15) is 10.7 Å². The maximum Gasteiger partial charge on any atom is 0.267 e. The molecule has 0 bridgehead atoms. The van der Waals surface area contributed by atoms with Crippen molar-refractivity contribution in [1.82, 2.24) is 14.4 Å². The van der Waals surface area contributed by atoms with Gasteiger partial charge in [-0.15, -0.1) is 11.3 Å². The highest BCUT2D eigenvalue weighted by Crippen LogP contribution is 2.34. The number of imidazole rings is 1. The molecule has 1 fully saturated rings. The number of anilines is 2. The van der Waals surface area contributed by atoms with Crippen LogP contribution in [0.1, 0.15) is 41.0 Å². The molecule has 182 valence electrons. The first kappa shape index (κ1) is 23.4. The van der Waals surface area contributed by atoms with E-state index in [1.807, 2.05) is 44.5 Å². The Bertz CT molecular complexity index is 1400. The van der Waals surface area contributed by atoms with Crippen molar-refractivity contribution >= 4 is 34.3 Å². The zero-order valence-corrected chi connectivity index (χ0v) is 21.1. The van der Waals surface area contributed by atoms with Crippen molar-refractivity contribution in [3.63, 3.8) is 0 Å². The molecular weight excluding hydrogens is 465 g/mol. The molecule has 1 N–H and O–H groups in total. The quantitative estimate of drug-likeness (QED) is 0.418. The van der Waals surface area contributed by atoms with E-state index in [4.69, 9.17) is 4.74 Å². The normalized spacial score (nSPS) is 14.5. The summed E-state index contributed by atoms with van der Waals surface area (Å²) in [5.74, 6) is -0.844. The Labute approximate surface area is 207 Å². The summed E-state index contributed by atoms with van der Waals surface area (Å²) >= 11 is 1.33. The van der Waals surface area contributed by atoms with Gasteiger partial charge in [0.15, 0.2) is 5.65 Å². The van der Waals surface area contributed by atoms with Gasteiger partial charge in [0.25, 0.3) is 5.91 Å². The van der Waals surface area contributed by atoms with Gasteiger partial charge in [0, 0.05) is 42.7 Å². The Morgan fingerprint density at radius 2 is 1.94 bits per heavy atom. The molecule has 1 aromatic carbocycles. The van der Waals surface area contributed by atoms with Crippen LogP contribution in [0.3, 0.4) is 0 Å². The first-order valence-electron chi connectivity index (χ1n) is 11.6. The van der Waals surface area contributed by atoms with E-state index in [2.05, 4.69) is 26.3 Å². The molecule has 0 unspecified atom stereocenters. The number of carbonyl (C=O) groups excluding carboxylic acids is 1. The number of amides is 1. The van der Waals surface area contributed by atoms with E-state index in [9.17, 15) is 9.18 Å². The van der Waals surface area contributed by atoms with Crippen LogP contribution in [0, 0.1) is 12.7 Å². The van der Waals surface area contributed by atoms with Crippen molar-refractivity contribution in [1.29, 1.82) is 0 Å². The fourth-order valence-corrected chi connectivity index (χ4v) is 5.06. The molecule has 0 radical (unpaired) electrons. The molecule has 0 spiro atoms. The molecule has 9 heteroatoms. The van der Waals surface area contributed by atoms with Gasteiger partial charge in [0.2, 0.25) is 0 Å². The zero-order chi connectivity index (χ0) is 24.7. The molecule has 1 amide bonds. The van der Waals surface area contributed by atoms with Gasteiger partial charge in [-0.1, -0.05) is 20.8 Å². The highest BCUT2D eigenvalue weighted by Gasteiger charge is 2.22. The van der Waals surface area contributed by atoms with E-state index in [-0.39, 0.29) is 17.0 Å². The highest BCUT2D eigenvalue weighted by molar-refractivity contribution is 7.13. The van der Waals surface area contributed by atoms with Gasteiger partial charge < -0.3 is 19.4 Å². The van der Waals surface area contributed by atoms with E-state index in [1.54, 1.807) is 18.5 Å². The van der Waals surface area contributed by atoms with Gasteiger partial charge in [-0.25, -0.2) is 14.4 Å². The van der Waals surface area contributed by atoms with Crippen LogP contribution < -0.4 is 10.2 Å². The van der Waals surface area contributed by atoms with Crippen LogP contribution >= 0.6 is 11.3 Å². The largest absolute Gasteiger partial charge is 0.378 e. The summed E-state index contributed by atoms with van der Waals surface area (Å²) in [6, 6.07) is 5.25. The van der Waals surface area contributed by atoms with Crippen molar-refractivity contribution in [3.8, 4) is 11.1 Å². The van der Waals surface area contributed by atoms with Crippen LogP contribution in [0.25, 0.3) is 16.8 Å². The van der Waals surface area contributed by atoms with Gasteiger partial charge in [-0.2, -0.15) is 0 Å². The van der Waals surface area contributed by atoms with Crippen molar-refractivity contribution in [2.75, 3.05) is 36.5 Å². The smallest absolute Gasteiger partial charge is 0.267 e. The van der Waals surface area contributed by atoms with Crippen LogP contribution in [0.2, 0.25) is 0 Å². The number of ether oxygens (including phenoxy) is 1. The molecule has 0 aliphatic carbocycles. The number of carbonyl (C=O) groups is 1. The summed E-state index contributed by atoms with van der Waals surface area (Å²) in [6.07, 6.45) is 7.21. The van der Waals surface area contributed by atoms with Crippen molar-refractivity contribution in [2.45, 2.75) is 33.1 Å². The maximum atomic E-state index is 14.9. The van der Waals surface area contributed by atoms with E-state index in [0.29, 0.717) is 18.1 Å². The number of benzene rings is 1. The number of aromatic nitrogens is 3. The number of halogens is 1. The Balaban J connectivity index is 1.51. The third kappa shape index (κ3) is 4.66. The molecule has 3 aromatic heterocycles. The van der Waals surface area contributed by atoms with Gasteiger partial charge >= 0.3 is 0 Å². The topological polar surface area (TPSA) is 71.8 Å². The van der Waals surface area contributed by atoms with E-state index in [0.717, 1.165) is 46.1 Å². The second-order valence-corrected chi connectivity index (χ2v) is 10.8.